The highest BCUT2D eigenvalue weighted by Gasteiger charge is 2.18. The second-order valence-electron chi connectivity index (χ2n) is 11.5. The van der Waals surface area contributed by atoms with Gasteiger partial charge >= 0.3 is 0 Å². The third-order valence-corrected chi connectivity index (χ3v) is 9.49. The molecule has 0 aliphatic rings. The Kier molecular flexibility index (Phi) is 10.6. The van der Waals surface area contributed by atoms with E-state index in [-0.39, 0.29) is 24.7 Å². The normalized spacial score (nSPS) is 10.9. The second kappa shape index (κ2) is 15.2. The average Bonchev–Trinajstić information content (AvgIpc) is 3.12. The molecule has 2 N–H and O–H groups in total. The molecule has 6 rings (SSSR count). The zero-order valence-electron chi connectivity index (χ0n) is 27.9. The number of benzene rings is 6. The summed E-state index contributed by atoms with van der Waals surface area (Å²) < 4.78 is 24.5. The monoisotopic (exact) mass is 796 g/mol. The third kappa shape index (κ3) is 7.41. The van der Waals surface area contributed by atoms with Crippen LogP contribution in [0.15, 0.2) is 106 Å². The molecule has 0 spiro atoms. The summed E-state index contributed by atoms with van der Waals surface area (Å²) in [6.07, 6.45) is 0.227. The van der Waals surface area contributed by atoms with E-state index in [2.05, 4.69) is 42.5 Å². The highest BCUT2D eigenvalue weighted by Crippen LogP contribution is 2.37. The number of halogens is 2. The van der Waals surface area contributed by atoms with Gasteiger partial charge in [0.1, 0.15) is 23.0 Å². The summed E-state index contributed by atoms with van der Waals surface area (Å²) in [5.41, 5.74) is 4.35. The van der Waals surface area contributed by atoms with Gasteiger partial charge in [-0.2, -0.15) is 0 Å². The van der Waals surface area contributed by atoms with Gasteiger partial charge in [0.05, 0.1) is 52.7 Å². The summed E-state index contributed by atoms with van der Waals surface area (Å²) in [5.74, 6) is 1.87. The van der Waals surface area contributed by atoms with Crippen LogP contribution in [0.25, 0.3) is 32.7 Å². The molecule has 2 amide bonds. The van der Waals surface area contributed by atoms with Gasteiger partial charge in [-0.15, -0.1) is 0 Å². The van der Waals surface area contributed by atoms with Gasteiger partial charge in [-0.1, -0.05) is 68.3 Å². The Bertz CT molecular complexity index is 2100. The lowest BCUT2D eigenvalue weighted by Crippen LogP contribution is -2.16. The molecule has 0 unspecified atom stereocenters. The Morgan fingerprint density at radius 1 is 0.500 bits per heavy atom. The molecule has 0 saturated heterocycles. The van der Waals surface area contributed by atoms with Crippen molar-refractivity contribution in [3.63, 3.8) is 0 Å². The van der Waals surface area contributed by atoms with E-state index in [1.807, 2.05) is 97.1 Å². The number of hydrogen-bond acceptors (Lipinski definition) is 6. The molecule has 254 valence electrons. The van der Waals surface area contributed by atoms with Crippen LogP contribution < -0.4 is 29.6 Å². The van der Waals surface area contributed by atoms with Crippen LogP contribution in [0.3, 0.4) is 0 Å². The number of anilines is 2. The molecule has 50 heavy (non-hydrogen) atoms. The first-order chi connectivity index (χ1) is 24.2. The number of methoxy groups -OCH3 is 4. The molecule has 0 aliphatic carbocycles. The highest BCUT2D eigenvalue weighted by molar-refractivity contribution is 9.10. The third-order valence-electron chi connectivity index (χ3n) is 8.50. The van der Waals surface area contributed by atoms with Crippen molar-refractivity contribution in [2.24, 2.45) is 0 Å². The Morgan fingerprint density at radius 2 is 0.900 bits per heavy atom. The average molecular weight is 799 g/mol. The van der Waals surface area contributed by atoms with Crippen LogP contribution in [0.1, 0.15) is 11.1 Å². The summed E-state index contributed by atoms with van der Waals surface area (Å²) in [7, 11) is 6.32. The van der Waals surface area contributed by atoms with E-state index in [1.165, 1.54) is 0 Å². The van der Waals surface area contributed by atoms with Crippen molar-refractivity contribution >= 4 is 76.6 Å². The number of amides is 2. The van der Waals surface area contributed by atoms with Crippen molar-refractivity contribution in [1.29, 1.82) is 0 Å². The van der Waals surface area contributed by atoms with Gasteiger partial charge in [0.15, 0.2) is 0 Å². The predicted molar refractivity (Wildman–Crippen MR) is 206 cm³/mol. The van der Waals surface area contributed by atoms with E-state index in [0.717, 1.165) is 52.7 Å². The fourth-order valence-electron chi connectivity index (χ4n) is 6.10. The molecule has 0 fully saturated rings. The van der Waals surface area contributed by atoms with Crippen LogP contribution in [0.4, 0.5) is 11.4 Å². The predicted octanol–water partition coefficient (Wildman–Crippen LogP) is 9.58. The van der Waals surface area contributed by atoms with Crippen LogP contribution in [-0.2, 0) is 22.4 Å². The summed E-state index contributed by atoms with van der Waals surface area (Å²) in [6, 6.07) is 30.7. The van der Waals surface area contributed by atoms with Crippen LogP contribution in [0, 0.1) is 0 Å². The molecule has 0 aromatic heterocycles. The summed E-state index contributed by atoms with van der Waals surface area (Å²) >= 11 is 7.04. The number of carbonyl (C=O) groups excluding carboxylic acids is 2. The van der Waals surface area contributed by atoms with Gasteiger partial charge in [0, 0.05) is 20.1 Å². The lowest BCUT2D eigenvalue weighted by molar-refractivity contribution is -0.116. The van der Waals surface area contributed by atoms with E-state index in [1.54, 1.807) is 28.4 Å². The van der Waals surface area contributed by atoms with Gasteiger partial charge in [-0.25, -0.2) is 0 Å². The summed E-state index contributed by atoms with van der Waals surface area (Å²) in [4.78, 5) is 26.7. The minimum atomic E-state index is -0.208. The van der Waals surface area contributed by atoms with Gasteiger partial charge < -0.3 is 29.6 Å². The number of carbonyl (C=O) groups is 2. The van der Waals surface area contributed by atoms with Crippen LogP contribution in [0.5, 0.6) is 23.0 Å². The molecule has 6 aromatic carbocycles. The minimum absolute atomic E-state index is 0.114. The smallest absolute Gasteiger partial charge is 0.229 e. The van der Waals surface area contributed by atoms with Gasteiger partial charge in [0.25, 0.3) is 0 Å². The van der Waals surface area contributed by atoms with Crippen LogP contribution in [-0.4, -0.2) is 40.3 Å². The molecule has 0 heterocycles. The molecule has 0 saturated carbocycles. The topological polar surface area (TPSA) is 95.1 Å². The minimum Gasteiger partial charge on any atom is -0.496 e. The molecule has 10 heteroatoms. The van der Waals surface area contributed by atoms with E-state index in [9.17, 15) is 9.59 Å². The molecule has 0 radical (unpaired) electrons. The largest absolute Gasteiger partial charge is 0.496 e. The van der Waals surface area contributed by atoms with Gasteiger partial charge in [-0.05, 0) is 93.3 Å². The molecule has 0 aliphatic heterocycles. The van der Waals surface area contributed by atoms with Crippen molar-refractivity contribution in [1.82, 2.24) is 0 Å². The summed E-state index contributed by atoms with van der Waals surface area (Å²) in [5, 5.41) is 9.90. The maximum Gasteiger partial charge on any atom is 0.229 e. The molecule has 0 atom stereocenters. The molecular formula is C40H34Br2N2O6. The summed E-state index contributed by atoms with van der Waals surface area (Å²) in [6.45, 7) is 0. The SMILES string of the molecule is COc1cc(-c2ccc(NC(=O)Cc3c(OC)ccc4cc(Br)ccc34)c(OC)c2)ccc1NC(=O)Cc1c(OC)ccc2cc(Br)ccc12. The molecule has 8 nitrogen and oxygen atoms in total. The molecule has 6 aromatic rings. The zero-order chi connectivity index (χ0) is 35.4. The Labute approximate surface area is 306 Å². The van der Waals surface area contributed by atoms with Crippen LogP contribution >= 0.6 is 31.9 Å². The Morgan fingerprint density at radius 3 is 1.28 bits per heavy atom. The molecular weight excluding hydrogens is 764 g/mol. The van der Waals surface area contributed by atoms with Crippen molar-refractivity contribution in [2.45, 2.75) is 12.8 Å². The van der Waals surface area contributed by atoms with Crippen LogP contribution in [0.2, 0.25) is 0 Å². The first-order valence-electron chi connectivity index (χ1n) is 15.7. The Hall–Kier alpha value is -5.06. The molecule has 0 bridgehead atoms. The quantitative estimate of drug-likeness (QED) is 0.136. The van der Waals surface area contributed by atoms with Gasteiger partial charge in [-0.3, -0.25) is 9.59 Å². The fraction of sp³-hybridized carbons (Fsp3) is 0.150. The van der Waals surface area contributed by atoms with Gasteiger partial charge in [0.2, 0.25) is 11.8 Å². The van der Waals surface area contributed by atoms with Crippen molar-refractivity contribution < 1.29 is 28.5 Å². The standard InChI is InChI=1S/C40H34Br2N2O6/c1-47-35-15-7-25-17-27(41)9-11-29(25)31(35)21-39(45)43-33-13-5-23(19-37(33)49-3)24-6-14-34(38(20-24)50-4)44-40(46)22-32-30-12-10-28(42)18-26(30)8-16-36(32)48-2/h5-20H,21-22H2,1-4H3,(H,43,45)(H,44,46). The number of hydrogen-bond donors (Lipinski definition) is 2. The van der Waals surface area contributed by atoms with Crippen molar-refractivity contribution in [3.8, 4) is 34.1 Å². The highest BCUT2D eigenvalue weighted by atomic mass is 79.9. The first kappa shape index (κ1) is 34.8. The number of ether oxygens (including phenoxy) is 4. The number of rotatable bonds is 11. The van der Waals surface area contributed by atoms with E-state index >= 15 is 0 Å². The zero-order valence-corrected chi connectivity index (χ0v) is 31.0. The number of fused-ring (bicyclic) bond motifs is 2. The lowest BCUT2D eigenvalue weighted by Gasteiger charge is -2.16. The van der Waals surface area contributed by atoms with E-state index in [0.29, 0.717) is 34.4 Å². The maximum atomic E-state index is 13.3. The Balaban J connectivity index is 1.19. The first-order valence-corrected chi connectivity index (χ1v) is 17.3. The van der Waals surface area contributed by atoms with E-state index in [4.69, 9.17) is 18.9 Å². The number of nitrogens with one attached hydrogen (secondary N) is 2. The van der Waals surface area contributed by atoms with Crippen molar-refractivity contribution in [2.75, 3.05) is 39.1 Å². The maximum absolute atomic E-state index is 13.3. The van der Waals surface area contributed by atoms with Crippen molar-refractivity contribution in [3.05, 3.63) is 117 Å². The second-order valence-corrected chi connectivity index (χ2v) is 13.3. The fourth-order valence-corrected chi connectivity index (χ4v) is 6.85. The lowest BCUT2D eigenvalue weighted by atomic mass is 10.00. The van der Waals surface area contributed by atoms with E-state index < -0.39 is 0 Å².